The van der Waals surface area contributed by atoms with E-state index in [9.17, 15) is 32.3 Å². The van der Waals surface area contributed by atoms with E-state index >= 15 is 0 Å². The summed E-state index contributed by atoms with van der Waals surface area (Å²) < 4.78 is 62.6. The molecule has 43 heavy (non-hydrogen) atoms. The minimum absolute atomic E-state index is 0.0157. The number of ether oxygens (including phenoxy) is 3. The molecule has 1 heterocycles. The molecule has 0 aliphatic heterocycles. The monoisotopic (exact) mass is 621 g/mol. The van der Waals surface area contributed by atoms with Gasteiger partial charge in [-0.25, -0.2) is 17.6 Å². The molecule has 13 nitrogen and oxygen atoms in total. The van der Waals surface area contributed by atoms with Crippen LogP contribution in [-0.2, 0) is 29.0 Å². The van der Waals surface area contributed by atoms with Gasteiger partial charge in [0.1, 0.15) is 23.8 Å². The van der Waals surface area contributed by atoms with Crippen molar-refractivity contribution in [2.75, 3.05) is 56.7 Å². The average molecular weight is 622 g/mol. The third kappa shape index (κ3) is 8.50. The second kappa shape index (κ2) is 13.9. The van der Waals surface area contributed by atoms with Gasteiger partial charge in [0, 0.05) is 17.0 Å². The Bertz CT molecular complexity index is 1590. The summed E-state index contributed by atoms with van der Waals surface area (Å²) in [6.07, 6.45) is 1.10. The summed E-state index contributed by atoms with van der Waals surface area (Å²) in [4.78, 5) is 34.9. The predicted octanol–water partition coefficient (Wildman–Crippen LogP) is 2.83. The summed E-state index contributed by atoms with van der Waals surface area (Å²) in [6, 6.07) is 8.32. The molecule has 3 aromatic rings. The van der Waals surface area contributed by atoms with Crippen molar-refractivity contribution in [1.29, 1.82) is 0 Å². The van der Waals surface area contributed by atoms with Crippen LogP contribution in [0.2, 0.25) is 0 Å². The van der Waals surface area contributed by atoms with E-state index in [1.807, 2.05) is 5.32 Å². The second-order valence-corrected chi connectivity index (χ2v) is 11.7. The summed E-state index contributed by atoms with van der Waals surface area (Å²) >= 11 is 0. The summed E-state index contributed by atoms with van der Waals surface area (Å²) in [5, 5.41) is 11.3. The van der Waals surface area contributed by atoms with E-state index in [4.69, 9.17) is 24.4 Å². The molecule has 1 aromatic heterocycles. The van der Waals surface area contributed by atoms with Gasteiger partial charge in [-0.05, 0) is 54.7 Å². The number of hydrogen-bond donors (Lipinski definition) is 3. The van der Waals surface area contributed by atoms with Crippen molar-refractivity contribution >= 4 is 44.6 Å². The van der Waals surface area contributed by atoms with E-state index < -0.39 is 33.7 Å². The Balaban J connectivity index is 1.59. The molecule has 4 N–H and O–H groups in total. The highest BCUT2D eigenvalue weighted by Crippen LogP contribution is 2.48. The molecule has 232 valence electrons. The number of anilines is 1. The van der Waals surface area contributed by atoms with Gasteiger partial charge in [-0.1, -0.05) is 0 Å². The smallest absolute Gasteiger partial charge is 0.411 e. The lowest BCUT2D eigenvalue weighted by atomic mass is 10.0. The Hall–Kier alpha value is -4.05. The first-order chi connectivity index (χ1) is 20.5. The number of furan rings is 1. The van der Waals surface area contributed by atoms with Crippen molar-refractivity contribution in [3.05, 3.63) is 53.3 Å². The molecule has 0 radical (unpaired) electrons. The number of nitrogens with two attached hydrogens (primary N) is 1. The summed E-state index contributed by atoms with van der Waals surface area (Å²) in [6.45, 7) is 0.643. The van der Waals surface area contributed by atoms with Crippen LogP contribution in [0, 0.1) is 5.82 Å². The van der Waals surface area contributed by atoms with Crippen molar-refractivity contribution in [2.24, 2.45) is 5.73 Å². The van der Waals surface area contributed by atoms with Gasteiger partial charge < -0.3 is 29.5 Å². The Morgan fingerprint density at radius 3 is 2.26 bits per heavy atom. The number of nitrogens with one attached hydrogen (secondary N) is 1. The number of primary amides is 1. The van der Waals surface area contributed by atoms with Crippen molar-refractivity contribution < 1.29 is 50.9 Å². The van der Waals surface area contributed by atoms with Crippen LogP contribution in [0.25, 0.3) is 22.3 Å². The maximum Gasteiger partial charge on any atom is 0.411 e. The zero-order valence-electron chi connectivity index (χ0n) is 23.3. The number of amides is 3. The molecule has 0 bridgehead atoms. The number of nitrogens with zero attached hydrogens (tertiary/aromatic N) is 1. The molecule has 0 spiro atoms. The summed E-state index contributed by atoms with van der Waals surface area (Å²) in [7, 11) is -3.79. The van der Waals surface area contributed by atoms with E-state index in [-0.39, 0.29) is 69.0 Å². The van der Waals surface area contributed by atoms with E-state index in [0.29, 0.717) is 22.2 Å². The second-order valence-electron chi connectivity index (χ2n) is 9.83. The highest BCUT2D eigenvalue weighted by Gasteiger charge is 2.33. The fourth-order valence-corrected chi connectivity index (χ4v) is 5.42. The quantitative estimate of drug-likeness (QED) is 0.201. The minimum Gasteiger partial charge on any atom is -0.465 e. The molecule has 1 aliphatic carbocycles. The van der Waals surface area contributed by atoms with Gasteiger partial charge >= 0.3 is 6.09 Å². The van der Waals surface area contributed by atoms with Gasteiger partial charge in [-0.3, -0.25) is 19.2 Å². The molecule has 1 saturated carbocycles. The first-order valence-electron chi connectivity index (χ1n) is 13.4. The predicted molar refractivity (Wildman–Crippen MR) is 153 cm³/mol. The fourth-order valence-electron chi connectivity index (χ4n) is 4.50. The Kier molecular flexibility index (Phi) is 10.3. The van der Waals surface area contributed by atoms with Gasteiger partial charge in [-0.15, -0.1) is 0 Å². The molecule has 15 heteroatoms. The van der Waals surface area contributed by atoms with Gasteiger partial charge in [0.15, 0.2) is 0 Å². The summed E-state index contributed by atoms with van der Waals surface area (Å²) in [5.74, 6) is -1.99. The van der Waals surface area contributed by atoms with Crippen molar-refractivity contribution in [1.82, 2.24) is 5.32 Å². The number of rotatable bonds is 16. The van der Waals surface area contributed by atoms with E-state index in [1.165, 1.54) is 34.6 Å². The van der Waals surface area contributed by atoms with E-state index in [1.54, 1.807) is 6.07 Å². The maximum atomic E-state index is 13.6. The van der Waals surface area contributed by atoms with Gasteiger partial charge in [-0.2, -0.15) is 0 Å². The lowest BCUT2D eigenvalue weighted by molar-refractivity contribution is -0.123. The summed E-state index contributed by atoms with van der Waals surface area (Å²) in [5.41, 5.74) is 6.41. The zero-order chi connectivity index (χ0) is 31.1. The van der Waals surface area contributed by atoms with Gasteiger partial charge in [0.25, 0.3) is 5.91 Å². The lowest BCUT2D eigenvalue weighted by Gasteiger charge is -2.25. The van der Waals surface area contributed by atoms with E-state index in [2.05, 4.69) is 0 Å². The van der Waals surface area contributed by atoms with Crippen LogP contribution in [0.15, 0.2) is 40.8 Å². The number of carboxylic acid groups (broad SMARTS) is 1. The van der Waals surface area contributed by atoms with Crippen LogP contribution >= 0.6 is 0 Å². The van der Waals surface area contributed by atoms with Crippen LogP contribution in [-0.4, -0.2) is 83.9 Å². The van der Waals surface area contributed by atoms with Gasteiger partial charge in [0.05, 0.1) is 57.1 Å². The van der Waals surface area contributed by atoms with Crippen LogP contribution in [0.4, 0.5) is 14.9 Å². The number of imide groups is 1. The first kappa shape index (κ1) is 31.9. The topological polar surface area (TPSA) is 188 Å². The van der Waals surface area contributed by atoms with Crippen LogP contribution in [0.5, 0.6) is 0 Å². The number of benzene rings is 2. The standard InChI is InChI=1S/C28H32FN3O10S/c1-43(37,38)32(8-9-39-10-11-40-12-13-41-16-24(30)33)22-15-23-21(14-20(22)17-2-3-17)25(27(34)31-28(35)36)26(42-23)18-4-6-19(29)7-5-18/h4-7,14-15,17H,2-3,8-13,16H2,1H3,(H2,30,33)(H,31,34)(H,35,36). The number of fused-ring (bicyclic) bond motifs is 1. The Morgan fingerprint density at radius 1 is 1.05 bits per heavy atom. The minimum atomic E-state index is -3.79. The SMILES string of the molecule is CS(=O)(=O)N(CCOCCOCCOCC(N)=O)c1cc2oc(-c3ccc(F)cc3)c(C(=O)NC(=O)O)c2cc1C1CC1. The number of halogens is 1. The molecular weight excluding hydrogens is 589 g/mol. The number of carbonyl (C=O) groups excluding carboxylic acids is 2. The van der Waals surface area contributed by atoms with E-state index in [0.717, 1.165) is 19.1 Å². The first-order valence-corrected chi connectivity index (χ1v) is 15.2. The normalized spacial score (nSPS) is 13.3. The van der Waals surface area contributed by atoms with Crippen LogP contribution in [0.1, 0.15) is 34.7 Å². The molecule has 3 amide bonds. The highest BCUT2D eigenvalue weighted by molar-refractivity contribution is 7.92. The Morgan fingerprint density at radius 2 is 1.67 bits per heavy atom. The largest absolute Gasteiger partial charge is 0.465 e. The average Bonchev–Trinajstić information content (AvgIpc) is 3.70. The third-order valence-electron chi connectivity index (χ3n) is 6.50. The molecule has 0 atom stereocenters. The lowest BCUT2D eigenvalue weighted by Crippen LogP contribution is -2.34. The zero-order valence-corrected chi connectivity index (χ0v) is 24.2. The molecule has 1 aliphatic rings. The van der Waals surface area contributed by atoms with Crippen LogP contribution in [0.3, 0.4) is 0 Å². The number of hydrogen-bond acceptors (Lipinski definition) is 9. The molecule has 1 fully saturated rings. The Labute approximate surface area is 246 Å². The fraction of sp³-hybridized carbons (Fsp3) is 0.393. The molecule has 0 unspecified atom stereocenters. The number of carbonyl (C=O) groups is 3. The number of sulfonamides is 1. The van der Waals surface area contributed by atoms with Crippen molar-refractivity contribution in [2.45, 2.75) is 18.8 Å². The van der Waals surface area contributed by atoms with Crippen molar-refractivity contribution in [3.63, 3.8) is 0 Å². The molecular formula is C28H32FN3O10S. The highest BCUT2D eigenvalue weighted by atomic mass is 32.2. The molecule has 2 aromatic carbocycles. The molecule has 4 rings (SSSR count). The van der Waals surface area contributed by atoms with Crippen molar-refractivity contribution in [3.8, 4) is 11.3 Å². The molecule has 0 saturated heterocycles. The third-order valence-corrected chi connectivity index (χ3v) is 7.68. The van der Waals surface area contributed by atoms with Crippen LogP contribution < -0.4 is 15.4 Å². The maximum absolute atomic E-state index is 13.6. The van der Waals surface area contributed by atoms with Gasteiger partial charge in [0.2, 0.25) is 15.9 Å².